The predicted octanol–water partition coefficient (Wildman–Crippen LogP) is 4.46. The summed E-state index contributed by atoms with van der Waals surface area (Å²) in [6.07, 6.45) is 1.71. The van der Waals surface area contributed by atoms with E-state index in [0.29, 0.717) is 18.9 Å². The van der Waals surface area contributed by atoms with Gasteiger partial charge in [0.15, 0.2) is 9.84 Å². The zero-order chi connectivity index (χ0) is 18.0. The van der Waals surface area contributed by atoms with Crippen molar-refractivity contribution in [2.75, 3.05) is 7.11 Å². The van der Waals surface area contributed by atoms with E-state index < -0.39 is 26.7 Å². The molecule has 2 atom stereocenters. The zero-order valence-electron chi connectivity index (χ0n) is 13.6. The molecule has 1 aliphatic carbocycles. The molecule has 0 heterocycles. The number of hydrogen-bond donors (Lipinski definition) is 0. The van der Waals surface area contributed by atoms with Gasteiger partial charge in [0.1, 0.15) is 17.4 Å². The fourth-order valence-corrected chi connectivity index (χ4v) is 6.27. The van der Waals surface area contributed by atoms with Gasteiger partial charge in [-0.05, 0) is 55.7 Å². The van der Waals surface area contributed by atoms with Crippen LogP contribution in [0.15, 0.2) is 52.3 Å². The summed E-state index contributed by atoms with van der Waals surface area (Å²) in [6, 6.07) is 10.1. The highest BCUT2D eigenvalue weighted by molar-refractivity contribution is 8.00. The molecule has 0 saturated heterocycles. The van der Waals surface area contributed by atoms with Crippen molar-refractivity contribution < 1.29 is 21.9 Å². The second-order valence-corrected chi connectivity index (χ2v) is 9.60. The molecule has 3 nitrogen and oxygen atoms in total. The lowest BCUT2D eigenvalue weighted by atomic mass is 10.3. The molecule has 1 saturated carbocycles. The first-order chi connectivity index (χ1) is 11.9. The minimum atomic E-state index is -3.73. The summed E-state index contributed by atoms with van der Waals surface area (Å²) in [5.41, 5.74) is 0. The third kappa shape index (κ3) is 4.15. The number of thioether (sulfide) groups is 1. The first-order valence-corrected chi connectivity index (χ1v) is 10.3. The highest BCUT2D eigenvalue weighted by Crippen LogP contribution is 2.39. The molecule has 0 amide bonds. The molecule has 0 radical (unpaired) electrons. The lowest BCUT2D eigenvalue weighted by Crippen LogP contribution is -2.19. The molecule has 0 spiro atoms. The number of hydrogen-bond acceptors (Lipinski definition) is 4. The summed E-state index contributed by atoms with van der Waals surface area (Å²) in [4.78, 5) is 0.769. The minimum absolute atomic E-state index is 0.159. The Morgan fingerprint density at radius 1 is 1.04 bits per heavy atom. The first-order valence-electron chi connectivity index (χ1n) is 7.89. The van der Waals surface area contributed by atoms with Gasteiger partial charge in [-0.25, -0.2) is 17.2 Å². The Labute approximate surface area is 150 Å². The standard InChI is InChI=1S/C18H18F2O3S2/c1-23-14-2-4-15(5-3-14)24-16-6-7-17(11-16)25(21,22)18-9-12(19)8-13(20)10-18/h2-5,8-10,16-17H,6-7,11H2,1H3/t16-,17+/m0/s1. The fourth-order valence-electron chi connectivity index (χ4n) is 3.02. The van der Waals surface area contributed by atoms with Crippen molar-refractivity contribution >= 4 is 21.6 Å². The van der Waals surface area contributed by atoms with Gasteiger partial charge in [-0.3, -0.25) is 0 Å². The molecule has 0 bridgehead atoms. The maximum atomic E-state index is 13.4. The Balaban J connectivity index is 1.70. The van der Waals surface area contributed by atoms with E-state index in [1.165, 1.54) is 0 Å². The molecular weight excluding hydrogens is 366 g/mol. The molecule has 7 heteroatoms. The molecule has 1 aliphatic rings. The topological polar surface area (TPSA) is 43.4 Å². The maximum Gasteiger partial charge on any atom is 0.181 e. The molecular formula is C18H18F2O3S2. The van der Waals surface area contributed by atoms with Crippen LogP contribution in [0.3, 0.4) is 0 Å². The van der Waals surface area contributed by atoms with Crippen LogP contribution in [0.5, 0.6) is 5.75 Å². The predicted molar refractivity (Wildman–Crippen MR) is 93.8 cm³/mol. The van der Waals surface area contributed by atoms with Gasteiger partial charge in [0.25, 0.3) is 0 Å². The summed E-state index contributed by atoms with van der Waals surface area (Å²) in [5.74, 6) is -0.981. The second-order valence-electron chi connectivity index (χ2n) is 6.00. The molecule has 25 heavy (non-hydrogen) atoms. The van der Waals surface area contributed by atoms with Crippen molar-refractivity contribution in [1.82, 2.24) is 0 Å². The van der Waals surface area contributed by atoms with Gasteiger partial charge in [-0.15, -0.1) is 11.8 Å². The van der Waals surface area contributed by atoms with Gasteiger partial charge in [0, 0.05) is 16.2 Å². The lowest BCUT2D eigenvalue weighted by molar-refractivity contribution is 0.414. The quantitative estimate of drug-likeness (QED) is 0.763. The van der Waals surface area contributed by atoms with Crippen LogP contribution < -0.4 is 4.74 Å². The van der Waals surface area contributed by atoms with E-state index >= 15 is 0 Å². The van der Waals surface area contributed by atoms with Gasteiger partial charge in [-0.2, -0.15) is 0 Å². The third-order valence-corrected chi connectivity index (χ3v) is 7.81. The van der Waals surface area contributed by atoms with Crippen molar-refractivity contribution in [2.45, 2.75) is 39.6 Å². The average molecular weight is 384 g/mol. The van der Waals surface area contributed by atoms with Crippen molar-refractivity contribution in [1.29, 1.82) is 0 Å². The molecule has 2 aromatic carbocycles. The van der Waals surface area contributed by atoms with Gasteiger partial charge in [-0.1, -0.05) is 0 Å². The van der Waals surface area contributed by atoms with Crippen LogP contribution in [-0.2, 0) is 9.84 Å². The molecule has 0 aliphatic heterocycles. The third-order valence-electron chi connectivity index (χ3n) is 4.30. The smallest absolute Gasteiger partial charge is 0.181 e. The van der Waals surface area contributed by atoms with E-state index in [4.69, 9.17) is 4.74 Å². The van der Waals surface area contributed by atoms with Crippen molar-refractivity contribution in [3.8, 4) is 5.75 Å². The number of benzene rings is 2. The second kappa shape index (κ2) is 7.33. The van der Waals surface area contributed by atoms with Crippen LogP contribution in [-0.4, -0.2) is 26.0 Å². The summed E-state index contributed by atoms with van der Waals surface area (Å²) < 4.78 is 57.1. The van der Waals surface area contributed by atoms with Crippen LogP contribution in [0, 0.1) is 11.6 Å². The van der Waals surface area contributed by atoms with Crippen molar-refractivity contribution in [3.63, 3.8) is 0 Å². The Kier molecular flexibility index (Phi) is 5.34. The molecule has 2 aromatic rings. The Hall–Kier alpha value is -1.60. The van der Waals surface area contributed by atoms with Gasteiger partial charge < -0.3 is 4.74 Å². The van der Waals surface area contributed by atoms with Crippen LogP contribution in [0.25, 0.3) is 0 Å². The molecule has 0 aromatic heterocycles. The average Bonchev–Trinajstić information content (AvgIpc) is 3.04. The van der Waals surface area contributed by atoms with Gasteiger partial charge >= 0.3 is 0 Å². The number of sulfone groups is 1. The molecule has 0 unspecified atom stereocenters. The van der Waals surface area contributed by atoms with E-state index in [1.54, 1.807) is 18.9 Å². The molecule has 134 valence electrons. The maximum absolute atomic E-state index is 13.4. The number of ether oxygens (including phenoxy) is 1. The van der Waals surface area contributed by atoms with Gasteiger partial charge in [0.05, 0.1) is 17.3 Å². The van der Waals surface area contributed by atoms with Crippen LogP contribution in [0.4, 0.5) is 8.78 Å². The first kappa shape index (κ1) is 18.2. The van der Waals surface area contributed by atoms with Crippen molar-refractivity contribution in [3.05, 3.63) is 54.1 Å². The normalized spacial score (nSPS) is 20.6. The van der Waals surface area contributed by atoms with E-state index in [-0.39, 0.29) is 10.1 Å². The van der Waals surface area contributed by atoms with Crippen molar-refractivity contribution in [2.24, 2.45) is 0 Å². The Bertz CT molecular complexity index is 831. The Morgan fingerprint density at radius 3 is 2.28 bits per heavy atom. The zero-order valence-corrected chi connectivity index (χ0v) is 15.2. The van der Waals surface area contributed by atoms with E-state index in [0.717, 1.165) is 29.2 Å². The van der Waals surface area contributed by atoms with E-state index in [9.17, 15) is 17.2 Å². The fraction of sp³-hybridized carbons (Fsp3) is 0.333. The number of rotatable bonds is 5. The summed E-state index contributed by atoms with van der Waals surface area (Å²) >= 11 is 1.62. The van der Waals surface area contributed by atoms with E-state index in [1.807, 2.05) is 24.3 Å². The van der Waals surface area contributed by atoms with Crippen LogP contribution in [0.2, 0.25) is 0 Å². The number of methoxy groups -OCH3 is 1. The molecule has 1 fully saturated rings. The summed E-state index contributed by atoms with van der Waals surface area (Å²) in [5, 5.41) is -0.448. The summed E-state index contributed by atoms with van der Waals surface area (Å²) in [6.45, 7) is 0. The number of halogens is 2. The SMILES string of the molecule is COc1ccc(S[C@H]2CC[C@@H](S(=O)(=O)c3cc(F)cc(F)c3)C2)cc1. The summed E-state index contributed by atoms with van der Waals surface area (Å²) in [7, 11) is -2.13. The Morgan fingerprint density at radius 2 is 1.68 bits per heavy atom. The molecule has 3 rings (SSSR count). The largest absolute Gasteiger partial charge is 0.497 e. The lowest BCUT2D eigenvalue weighted by Gasteiger charge is -2.13. The van der Waals surface area contributed by atoms with Gasteiger partial charge in [0.2, 0.25) is 0 Å². The monoisotopic (exact) mass is 384 g/mol. The van der Waals surface area contributed by atoms with Crippen LogP contribution in [0.1, 0.15) is 19.3 Å². The van der Waals surface area contributed by atoms with Crippen LogP contribution >= 0.6 is 11.8 Å². The molecule has 0 N–H and O–H groups in total. The highest BCUT2D eigenvalue weighted by atomic mass is 32.2. The minimum Gasteiger partial charge on any atom is -0.497 e. The highest BCUT2D eigenvalue weighted by Gasteiger charge is 2.36. The van der Waals surface area contributed by atoms with E-state index in [2.05, 4.69) is 0 Å².